The molecule has 0 amide bonds. The molecule has 132 valence electrons. The van der Waals surface area contributed by atoms with Crippen LogP contribution in [0.3, 0.4) is 0 Å². The van der Waals surface area contributed by atoms with Crippen LogP contribution in [-0.2, 0) is 9.53 Å². The maximum absolute atomic E-state index is 12.2. The number of rotatable bonds is 1. The Hall–Kier alpha value is -0.670. The van der Waals surface area contributed by atoms with Crippen molar-refractivity contribution in [2.75, 3.05) is 0 Å². The Labute approximate surface area is 144 Å². The molecule has 0 aromatic heterocycles. The van der Waals surface area contributed by atoms with Gasteiger partial charge in [-0.3, -0.25) is 4.79 Å². The van der Waals surface area contributed by atoms with Gasteiger partial charge in [0.25, 0.3) is 0 Å². The van der Waals surface area contributed by atoms with E-state index in [4.69, 9.17) is 4.74 Å². The molecule has 3 heteroatoms. The molecule has 5 aliphatic rings. The van der Waals surface area contributed by atoms with Crippen molar-refractivity contribution in [3.8, 4) is 0 Å². The summed E-state index contributed by atoms with van der Waals surface area (Å²) >= 11 is 0. The van der Waals surface area contributed by atoms with Gasteiger partial charge in [-0.15, -0.1) is 0 Å². The van der Waals surface area contributed by atoms with Crippen LogP contribution in [-0.4, -0.2) is 29.2 Å². The molecule has 0 spiro atoms. The zero-order valence-corrected chi connectivity index (χ0v) is 15.1. The Morgan fingerprint density at radius 3 is 2.79 bits per heavy atom. The number of allylic oxidation sites excluding steroid dienone is 1. The van der Waals surface area contributed by atoms with E-state index in [-0.39, 0.29) is 35.1 Å². The third-order valence-corrected chi connectivity index (χ3v) is 8.95. The molecule has 5 rings (SSSR count). The fraction of sp³-hybridized carbons (Fsp3) is 0.857. The number of hydrogen-bond donors (Lipinski definition) is 1. The molecule has 0 aromatic rings. The number of ketones is 1. The fourth-order valence-corrected chi connectivity index (χ4v) is 7.70. The van der Waals surface area contributed by atoms with E-state index in [0.29, 0.717) is 23.5 Å². The molecular weight excluding hydrogens is 300 g/mol. The van der Waals surface area contributed by atoms with Crippen molar-refractivity contribution in [3.05, 3.63) is 11.6 Å². The molecule has 4 aliphatic carbocycles. The Kier molecular flexibility index (Phi) is 3.07. The highest BCUT2D eigenvalue weighted by atomic mass is 16.6. The fourth-order valence-electron chi connectivity index (χ4n) is 7.70. The van der Waals surface area contributed by atoms with Gasteiger partial charge in [0.05, 0.1) is 12.2 Å². The van der Waals surface area contributed by atoms with E-state index in [1.54, 1.807) is 6.92 Å². The number of aliphatic hydroxyl groups is 1. The van der Waals surface area contributed by atoms with E-state index >= 15 is 0 Å². The molecule has 0 radical (unpaired) electrons. The Morgan fingerprint density at radius 2 is 2.04 bits per heavy atom. The molecule has 0 aromatic carbocycles. The normalized spacial score (nSPS) is 58.0. The van der Waals surface area contributed by atoms with Gasteiger partial charge in [-0.25, -0.2) is 0 Å². The minimum absolute atomic E-state index is 0.0766. The van der Waals surface area contributed by atoms with Crippen molar-refractivity contribution in [1.82, 2.24) is 0 Å². The molecule has 9 atom stereocenters. The lowest BCUT2D eigenvalue weighted by atomic mass is 9.47. The van der Waals surface area contributed by atoms with Crippen molar-refractivity contribution in [2.45, 2.75) is 77.6 Å². The largest absolute Gasteiger partial charge is 0.390 e. The summed E-state index contributed by atoms with van der Waals surface area (Å²) in [4.78, 5) is 12.2. The van der Waals surface area contributed by atoms with Crippen LogP contribution in [0.25, 0.3) is 0 Å². The van der Waals surface area contributed by atoms with Gasteiger partial charge in [0.1, 0.15) is 11.9 Å². The lowest BCUT2D eigenvalue weighted by Crippen LogP contribution is -2.53. The summed E-state index contributed by atoms with van der Waals surface area (Å²) in [5, 5.41) is 10.3. The lowest BCUT2D eigenvalue weighted by molar-refractivity contribution is -0.127. The van der Waals surface area contributed by atoms with Crippen LogP contribution in [0, 0.1) is 34.5 Å². The maximum atomic E-state index is 12.2. The summed E-state index contributed by atoms with van der Waals surface area (Å²) in [5.41, 5.74) is 1.80. The summed E-state index contributed by atoms with van der Waals surface area (Å²) < 4.78 is 5.96. The van der Waals surface area contributed by atoms with Gasteiger partial charge in [-0.2, -0.15) is 0 Å². The van der Waals surface area contributed by atoms with Crippen LogP contribution < -0.4 is 0 Å². The van der Waals surface area contributed by atoms with E-state index in [1.165, 1.54) is 24.8 Å². The van der Waals surface area contributed by atoms with E-state index in [2.05, 4.69) is 19.9 Å². The van der Waals surface area contributed by atoms with Crippen molar-refractivity contribution in [3.63, 3.8) is 0 Å². The summed E-state index contributed by atoms with van der Waals surface area (Å²) in [5.74, 6) is 2.73. The Morgan fingerprint density at radius 1 is 1.25 bits per heavy atom. The molecule has 3 unspecified atom stereocenters. The first-order chi connectivity index (χ1) is 11.4. The zero-order valence-electron chi connectivity index (χ0n) is 15.1. The summed E-state index contributed by atoms with van der Waals surface area (Å²) in [7, 11) is 0. The van der Waals surface area contributed by atoms with Gasteiger partial charge in [0, 0.05) is 11.3 Å². The predicted molar refractivity (Wildman–Crippen MR) is 91.3 cm³/mol. The van der Waals surface area contributed by atoms with Crippen molar-refractivity contribution < 1.29 is 14.6 Å². The van der Waals surface area contributed by atoms with Gasteiger partial charge in [-0.05, 0) is 68.6 Å². The topological polar surface area (TPSA) is 49.8 Å². The third-order valence-electron chi connectivity index (χ3n) is 8.95. The van der Waals surface area contributed by atoms with Crippen molar-refractivity contribution >= 4 is 5.78 Å². The SMILES string of the molecule is CC(=O)[C@@H]1CC[C@H]2[C@@H]3CC=C4CC(O)C5OC5[C@]4(C)[C@H]3CC[C@]12C. The van der Waals surface area contributed by atoms with E-state index in [1.807, 2.05) is 0 Å². The van der Waals surface area contributed by atoms with Crippen LogP contribution in [0.1, 0.15) is 59.3 Å². The van der Waals surface area contributed by atoms with Crippen LogP contribution in [0.15, 0.2) is 11.6 Å². The minimum atomic E-state index is -0.298. The lowest BCUT2D eigenvalue weighted by Gasteiger charge is -2.57. The molecule has 0 bridgehead atoms. The Balaban J connectivity index is 1.51. The van der Waals surface area contributed by atoms with E-state index in [0.717, 1.165) is 19.3 Å². The second-order valence-corrected chi connectivity index (χ2v) is 9.70. The highest BCUT2D eigenvalue weighted by Gasteiger charge is 2.67. The summed E-state index contributed by atoms with van der Waals surface area (Å²) in [6, 6.07) is 0. The molecule has 1 N–H and O–H groups in total. The highest BCUT2D eigenvalue weighted by molar-refractivity contribution is 5.79. The number of carbonyl (C=O) groups is 1. The number of ether oxygens (including phenoxy) is 1. The highest BCUT2D eigenvalue weighted by Crippen LogP contribution is 2.68. The number of hydrogen-bond acceptors (Lipinski definition) is 3. The standard InChI is InChI=1S/C21H30O3/c1-11(22)14-6-7-15-13-5-4-12-10-17(23)18-19(24-18)21(12,3)16(13)8-9-20(14,15)2/h4,13-19,23H,5-10H2,1-3H3/t13-,14-,15-,16-,17?,18?,19?,20+,21-/m0/s1. The number of carbonyl (C=O) groups excluding carboxylic acids is 1. The summed E-state index contributed by atoms with van der Waals surface area (Å²) in [6.45, 7) is 6.61. The van der Waals surface area contributed by atoms with Gasteiger partial charge < -0.3 is 9.84 Å². The molecule has 24 heavy (non-hydrogen) atoms. The average molecular weight is 330 g/mol. The van der Waals surface area contributed by atoms with Crippen molar-refractivity contribution in [2.24, 2.45) is 34.5 Å². The number of aliphatic hydroxyl groups excluding tert-OH is 1. The van der Waals surface area contributed by atoms with E-state index < -0.39 is 0 Å². The molecule has 4 fully saturated rings. The number of epoxide rings is 1. The first-order valence-corrected chi connectivity index (χ1v) is 9.91. The molecule has 1 saturated heterocycles. The maximum Gasteiger partial charge on any atom is 0.133 e. The average Bonchev–Trinajstić information content (AvgIpc) is 3.26. The third kappa shape index (κ3) is 1.73. The van der Waals surface area contributed by atoms with Gasteiger partial charge in [-0.1, -0.05) is 25.5 Å². The molecule has 1 heterocycles. The number of fused-ring (bicyclic) bond motifs is 7. The predicted octanol–water partition coefficient (Wildman–Crippen LogP) is 3.50. The van der Waals surface area contributed by atoms with Crippen LogP contribution in [0.2, 0.25) is 0 Å². The quantitative estimate of drug-likeness (QED) is 0.591. The monoisotopic (exact) mass is 330 g/mol. The Bertz CT molecular complexity index is 625. The molecule has 3 saturated carbocycles. The molecular formula is C21H30O3. The molecule has 1 aliphatic heterocycles. The smallest absolute Gasteiger partial charge is 0.133 e. The summed E-state index contributed by atoms with van der Waals surface area (Å²) in [6.07, 6.45) is 9.12. The van der Waals surface area contributed by atoms with Gasteiger partial charge >= 0.3 is 0 Å². The molecule has 3 nitrogen and oxygen atoms in total. The van der Waals surface area contributed by atoms with Gasteiger partial charge in [0.2, 0.25) is 0 Å². The van der Waals surface area contributed by atoms with Crippen LogP contribution in [0.4, 0.5) is 0 Å². The van der Waals surface area contributed by atoms with E-state index in [9.17, 15) is 9.90 Å². The second kappa shape index (κ2) is 4.73. The second-order valence-electron chi connectivity index (χ2n) is 9.70. The van der Waals surface area contributed by atoms with Gasteiger partial charge in [0.15, 0.2) is 0 Å². The van der Waals surface area contributed by atoms with Crippen molar-refractivity contribution in [1.29, 1.82) is 0 Å². The number of Topliss-reactive ketones (excluding diaryl/α,β-unsaturated/α-hetero) is 1. The van der Waals surface area contributed by atoms with Crippen LogP contribution in [0.5, 0.6) is 0 Å². The first-order valence-electron chi connectivity index (χ1n) is 9.91. The zero-order chi connectivity index (χ0) is 16.9. The first kappa shape index (κ1) is 15.6. The van der Waals surface area contributed by atoms with Crippen LogP contribution >= 0.6 is 0 Å². The minimum Gasteiger partial charge on any atom is -0.390 e.